The van der Waals surface area contributed by atoms with Gasteiger partial charge in [-0.2, -0.15) is 4.98 Å². The molecule has 0 amide bonds. The summed E-state index contributed by atoms with van der Waals surface area (Å²) < 4.78 is 10.8. The maximum atomic E-state index is 5.97. The molecule has 0 aliphatic heterocycles. The molecule has 0 aliphatic rings. The zero-order valence-electron chi connectivity index (χ0n) is 11.4. The molecule has 0 saturated heterocycles. The smallest absolute Gasteiger partial charge is 0.268 e. The van der Waals surface area contributed by atoms with Gasteiger partial charge < -0.3 is 15.0 Å². The number of hydrogen-bond donors (Lipinski definition) is 1. The van der Waals surface area contributed by atoms with Crippen molar-refractivity contribution >= 4 is 11.3 Å². The maximum Gasteiger partial charge on any atom is 0.268 e. The van der Waals surface area contributed by atoms with E-state index in [4.69, 9.17) is 15.0 Å². The Morgan fingerprint density at radius 3 is 2.95 bits per heavy atom. The second-order valence-electron chi connectivity index (χ2n) is 4.57. The molecule has 1 atom stereocenters. The van der Waals surface area contributed by atoms with Crippen molar-refractivity contribution in [3.05, 3.63) is 22.8 Å². The zero-order chi connectivity index (χ0) is 13.8. The van der Waals surface area contributed by atoms with Gasteiger partial charge >= 0.3 is 0 Å². The van der Waals surface area contributed by atoms with E-state index in [-0.39, 0.29) is 12.1 Å². The Morgan fingerprint density at radius 1 is 1.47 bits per heavy atom. The Morgan fingerprint density at radius 2 is 2.26 bits per heavy atom. The minimum Gasteiger partial charge on any atom is -0.377 e. The molecule has 0 spiro atoms. The minimum absolute atomic E-state index is 0.140. The molecule has 2 aromatic rings. The van der Waals surface area contributed by atoms with Crippen molar-refractivity contribution in [2.24, 2.45) is 5.73 Å². The van der Waals surface area contributed by atoms with E-state index in [0.717, 1.165) is 11.3 Å². The highest BCUT2D eigenvalue weighted by molar-refractivity contribution is 7.13. The van der Waals surface area contributed by atoms with Gasteiger partial charge in [0.05, 0.1) is 23.6 Å². The minimum atomic E-state index is -0.357. The van der Waals surface area contributed by atoms with Crippen LogP contribution in [0.5, 0.6) is 0 Å². The summed E-state index contributed by atoms with van der Waals surface area (Å²) in [6, 6.07) is 1.72. The third-order valence-electron chi connectivity index (χ3n) is 2.70. The quantitative estimate of drug-likeness (QED) is 0.881. The first-order valence-electron chi connectivity index (χ1n) is 6.39. The van der Waals surface area contributed by atoms with Gasteiger partial charge in [-0.1, -0.05) is 12.1 Å². The first-order chi connectivity index (χ1) is 9.11. The lowest BCUT2D eigenvalue weighted by Gasteiger charge is -2.10. The molecule has 0 saturated carbocycles. The predicted molar refractivity (Wildman–Crippen MR) is 75.0 cm³/mol. The van der Waals surface area contributed by atoms with Crippen LogP contribution in [0.4, 0.5) is 0 Å². The lowest BCUT2D eigenvalue weighted by Crippen LogP contribution is -2.20. The highest BCUT2D eigenvalue weighted by Gasteiger charge is 2.18. The molecule has 2 aromatic heterocycles. The van der Waals surface area contributed by atoms with Gasteiger partial charge in [0.1, 0.15) is 0 Å². The molecular weight excluding hydrogens is 262 g/mol. The van der Waals surface area contributed by atoms with Gasteiger partial charge in [-0.25, -0.2) is 0 Å². The Kier molecular flexibility index (Phi) is 4.68. The molecule has 2 rings (SSSR count). The fourth-order valence-electron chi connectivity index (χ4n) is 1.65. The van der Waals surface area contributed by atoms with Crippen molar-refractivity contribution < 1.29 is 9.26 Å². The van der Waals surface area contributed by atoms with Gasteiger partial charge in [0.15, 0.2) is 5.82 Å². The SMILES string of the molecule is CCc1ccsc1-c1nc(C(N)COC(C)C)no1. The average Bonchev–Trinajstić information content (AvgIpc) is 3.03. The monoisotopic (exact) mass is 281 g/mol. The summed E-state index contributed by atoms with van der Waals surface area (Å²) in [4.78, 5) is 5.39. The molecule has 1 unspecified atom stereocenters. The summed E-state index contributed by atoms with van der Waals surface area (Å²) >= 11 is 1.60. The average molecular weight is 281 g/mol. The number of thiophene rings is 1. The van der Waals surface area contributed by atoms with E-state index >= 15 is 0 Å². The largest absolute Gasteiger partial charge is 0.377 e. The number of hydrogen-bond acceptors (Lipinski definition) is 6. The maximum absolute atomic E-state index is 5.97. The van der Waals surface area contributed by atoms with Crippen LogP contribution < -0.4 is 5.73 Å². The Labute approximate surface area is 116 Å². The first kappa shape index (κ1) is 14.2. The molecule has 0 aliphatic carbocycles. The fourth-order valence-corrected chi connectivity index (χ4v) is 2.57. The van der Waals surface area contributed by atoms with Crippen molar-refractivity contribution in [2.45, 2.75) is 39.3 Å². The molecule has 0 bridgehead atoms. The first-order valence-corrected chi connectivity index (χ1v) is 7.27. The molecule has 0 aromatic carbocycles. The predicted octanol–water partition coefficient (Wildman–Crippen LogP) is 2.79. The summed E-state index contributed by atoms with van der Waals surface area (Å²) in [5.74, 6) is 1.04. The number of aromatic nitrogens is 2. The van der Waals surface area contributed by atoms with Crippen molar-refractivity contribution in [1.29, 1.82) is 0 Å². The molecule has 5 nitrogen and oxygen atoms in total. The Hall–Kier alpha value is -1.24. The fraction of sp³-hybridized carbons (Fsp3) is 0.538. The number of nitrogens with zero attached hydrogens (tertiary/aromatic N) is 2. The third kappa shape index (κ3) is 3.40. The van der Waals surface area contributed by atoms with Gasteiger partial charge in [-0.05, 0) is 37.3 Å². The Bertz CT molecular complexity index is 521. The summed E-state index contributed by atoms with van der Waals surface area (Å²) in [7, 11) is 0. The van der Waals surface area contributed by atoms with Crippen molar-refractivity contribution in [2.75, 3.05) is 6.61 Å². The number of nitrogens with two attached hydrogens (primary N) is 1. The van der Waals surface area contributed by atoms with E-state index in [9.17, 15) is 0 Å². The van der Waals surface area contributed by atoms with E-state index < -0.39 is 0 Å². The van der Waals surface area contributed by atoms with Gasteiger partial charge in [0.25, 0.3) is 5.89 Å². The molecule has 0 radical (unpaired) electrons. The van der Waals surface area contributed by atoms with Crippen LogP contribution in [0, 0.1) is 0 Å². The van der Waals surface area contributed by atoms with Crippen LogP contribution in [0.1, 0.15) is 38.2 Å². The third-order valence-corrected chi connectivity index (χ3v) is 3.65. The van der Waals surface area contributed by atoms with Crippen LogP contribution >= 0.6 is 11.3 Å². The van der Waals surface area contributed by atoms with Crippen LogP contribution in [-0.2, 0) is 11.2 Å². The van der Waals surface area contributed by atoms with E-state index in [0.29, 0.717) is 18.3 Å². The summed E-state index contributed by atoms with van der Waals surface area (Å²) in [6.45, 7) is 6.42. The molecule has 104 valence electrons. The highest BCUT2D eigenvalue weighted by Crippen LogP contribution is 2.29. The van der Waals surface area contributed by atoms with Gasteiger partial charge in [0, 0.05) is 0 Å². The van der Waals surface area contributed by atoms with Crippen LogP contribution in [-0.4, -0.2) is 22.9 Å². The van der Waals surface area contributed by atoms with Crippen molar-refractivity contribution in [3.63, 3.8) is 0 Å². The highest BCUT2D eigenvalue weighted by atomic mass is 32.1. The van der Waals surface area contributed by atoms with Gasteiger partial charge in [-0.3, -0.25) is 0 Å². The normalized spacial score (nSPS) is 13.1. The second kappa shape index (κ2) is 6.27. The lowest BCUT2D eigenvalue weighted by atomic mass is 10.2. The number of rotatable bonds is 6. The Balaban J connectivity index is 2.10. The van der Waals surface area contributed by atoms with Crippen LogP contribution in [0.2, 0.25) is 0 Å². The molecule has 2 N–H and O–H groups in total. The van der Waals surface area contributed by atoms with Crippen LogP contribution in [0.3, 0.4) is 0 Å². The molecule has 6 heteroatoms. The topological polar surface area (TPSA) is 74.2 Å². The summed E-state index contributed by atoms with van der Waals surface area (Å²) in [6.07, 6.45) is 1.08. The van der Waals surface area contributed by atoms with E-state index in [2.05, 4.69) is 23.1 Å². The van der Waals surface area contributed by atoms with Crippen molar-refractivity contribution in [1.82, 2.24) is 10.1 Å². The molecule has 0 fully saturated rings. The van der Waals surface area contributed by atoms with Gasteiger partial charge in [0.2, 0.25) is 0 Å². The second-order valence-corrected chi connectivity index (χ2v) is 5.49. The van der Waals surface area contributed by atoms with E-state index in [1.54, 1.807) is 11.3 Å². The standard InChI is InChI=1S/C13H19N3O2S/c1-4-9-5-6-19-11(9)13-15-12(16-18-13)10(14)7-17-8(2)3/h5-6,8,10H,4,7,14H2,1-3H3. The summed E-state index contributed by atoms with van der Waals surface area (Å²) in [5.41, 5.74) is 7.19. The zero-order valence-corrected chi connectivity index (χ0v) is 12.2. The van der Waals surface area contributed by atoms with E-state index in [1.165, 1.54) is 5.56 Å². The van der Waals surface area contributed by atoms with Crippen molar-refractivity contribution in [3.8, 4) is 10.8 Å². The molecule has 19 heavy (non-hydrogen) atoms. The van der Waals surface area contributed by atoms with Gasteiger partial charge in [-0.15, -0.1) is 11.3 Å². The molecular formula is C13H19N3O2S. The van der Waals surface area contributed by atoms with Crippen LogP contribution in [0.25, 0.3) is 10.8 Å². The number of ether oxygens (including phenoxy) is 1. The molecule has 2 heterocycles. The summed E-state index contributed by atoms with van der Waals surface area (Å²) in [5, 5.41) is 5.97. The lowest BCUT2D eigenvalue weighted by molar-refractivity contribution is 0.0665. The van der Waals surface area contributed by atoms with Crippen LogP contribution in [0.15, 0.2) is 16.0 Å². The van der Waals surface area contributed by atoms with E-state index in [1.807, 2.05) is 19.2 Å². The number of aryl methyl sites for hydroxylation is 1.